The Morgan fingerprint density at radius 2 is 2.00 bits per heavy atom. The number of hydrogen-bond donors (Lipinski definition) is 1. The molecule has 1 heterocycles. The summed E-state index contributed by atoms with van der Waals surface area (Å²) in [6, 6.07) is 0. The van der Waals surface area contributed by atoms with Gasteiger partial charge < -0.3 is 10.2 Å². The van der Waals surface area contributed by atoms with E-state index in [4.69, 9.17) is 0 Å². The standard InChI is InChI=1S/C13H22F2N4/c1-5-6-16-12-11(9(2)3)13(18-8-17-12)19(4)7-10(14)15/h8-10H,5-7H2,1-4H3,(H,16,17,18). The van der Waals surface area contributed by atoms with Gasteiger partial charge in [-0.2, -0.15) is 0 Å². The van der Waals surface area contributed by atoms with Gasteiger partial charge in [0.1, 0.15) is 18.0 Å². The van der Waals surface area contributed by atoms with Gasteiger partial charge in [-0.25, -0.2) is 18.7 Å². The molecule has 0 saturated carbocycles. The number of aromatic nitrogens is 2. The van der Waals surface area contributed by atoms with Gasteiger partial charge in [0.2, 0.25) is 0 Å². The van der Waals surface area contributed by atoms with Crippen molar-refractivity contribution in [3.8, 4) is 0 Å². The van der Waals surface area contributed by atoms with Crippen molar-refractivity contribution < 1.29 is 8.78 Å². The molecule has 1 rings (SSSR count). The number of anilines is 2. The fraction of sp³-hybridized carbons (Fsp3) is 0.692. The summed E-state index contributed by atoms with van der Waals surface area (Å²) >= 11 is 0. The zero-order chi connectivity index (χ0) is 14.4. The van der Waals surface area contributed by atoms with E-state index < -0.39 is 6.43 Å². The molecule has 19 heavy (non-hydrogen) atoms. The van der Waals surface area contributed by atoms with Crippen LogP contribution in [0.15, 0.2) is 6.33 Å². The molecule has 0 aliphatic carbocycles. The van der Waals surface area contributed by atoms with Gasteiger partial charge in [-0.3, -0.25) is 0 Å². The molecule has 0 bridgehead atoms. The van der Waals surface area contributed by atoms with Gasteiger partial charge in [0.25, 0.3) is 6.43 Å². The van der Waals surface area contributed by atoms with E-state index >= 15 is 0 Å². The third kappa shape index (κ3) is 4.29. The van der Waals surface area contributed by atoms with Crippen LogP contribution in [0.1, 0.15) is 38.7 Å². The molecule has 4 nitrogen and oxygen atoms in total. The van der Waals surface area contributed by atoms with Crippen LogP contribution >= 0.6 is 0 Å². The fourth-order valence-corrected chi connectivity index (χ4v) is 1.90. The van der Waals surface area contributed by atoms with E-state index in [-0.39, 0.29) is 12.5 Å². The molecule has 0 spiro atoms. The lowest BCUT2D eigenvalue weighted by Gasteiger charge is -2.24. The summed E-state index contributed by atoms with van der Waals surface area (Å²) in [5.74, 6) is 1.47. The van der Waals surface area contributed by atoms with Crippen molar-refractivity contribution >= 4 is 11.6 Å². The van der Waals surface area contributed by atoms with Crippen LogP contribution in [0.3, 0.4) is 0 Å². The molecular weight excluding hydrogens is 250 g/mol. The van der Waals surface area contributed by atoms with Crippen LogP contribution in [-0.4, -0.2) is 36.5 Å². The quantitative estimate of drug-likeness (QED) is 0.828. The smallest absolute Gasteiger partial charge is 0.255 e. The molecule has 0 aliphatic rings. The Morgan fingerprint density at radius 1 is 1.32 bits per heavy atom. The summed E-state index contributed by atoms with van der Waals surface area (Å²) < 4.78 is 25.0. The lowest BCUT2D eigenvalue weighted by atomic mass is 10.0. The number of rotatable bonds is 7. The Morgan fingerprint density at radius 3 is 2.53 bits per heavy atom. The average molecular weight is 272 g/mol. The largest absolute Gasteiger partial charge is 0.370 e. The van der Waals surface area contributed by atoms with Gasteiger partial charge in [0.05, 0.1) is 6.54 Å². The summed E-state index contributed by atoms with van der Waals surface area (Å²) in [6.07, 6.45) is 0.0114. The minimum absolute atomic E-state index is 0.163. The summed E-state index contributed by atoms with van der Waals surface area (Å²) in [6.45, 7) is 6.55. The third-order valence-corrected chi connectivity index (χ3v) is 2.76. The summed E-state index contributed by atoms with van der Waals surface area (Å²) in [5.41, 5.74) is 0.888. The first kappa shape index (κ1) is 15.6. The van der Waals surface area contributed by atoms with E-state index in [1.165, 1.54) is 11.2 Å². The minimum atomic E-state index is -2.38. The van der Waals surface area contributed by atoms with Gasteiger partial charge in [-0.1, -0.05) is 20.8 Å². The molecule has 108 valence electrons. The second-order valence-electron chi connectivity index (χ2n) is 4.81. The maximum absolute atomic E-state index is 12.5. The molecule has 0 fully saturated rings. The Balaban J connectivity index is 3.08. The molecule has 6 heteroatoms. The molecule has 0 unspecified atom stereocenters. The van der Waals surface area contributed by atoms with Gasteiger partial charge in [0, 0.05) is 19.2 Å². The van der Waals surface area contributed by atoms with Crippen LogP contribution in [0.5, 0.6) is 0 Å². The van der Waals surface area contributed by atoms with Gasteiger partial charge in [-0.05, 0) is 12.3 Å². The highest BCUT2D eigenvalue weighted by atomic mass is 19.3. The monoisotopic (exact) mass is 272 g/mol. The SMILES string of the molecule is CCCNc1ncnc(N(C)CC(F)F)c1C(C)C. The van der Waals surface area contributed by atoms with E-state index in [0.717, 1.165) is 24.3 Å². The first-order chi connectivity index (χ1) is 8.97. The number of halogens is 2. The molecule has 1 aromatic heterocycles. The fourth-order valence-electron chi connectivity index (χ4n) is 1.90. The molecule has 0 aliphatic heterocycles. The Kier molecular flexibility index (Phi) is 5.92. The van der Waals surface area contributed by atoms with Crippen molar-refractivity contribution in [2.75, 3.05) is 30.4 Å². The Labute approximate surface area is 113 Å². The predicted molar refractivity (Wildman–Crippen MR) is 74.2 cm³/mol. The highest BCUT2D eigenvalue weighted by molar-refractivity contribution is 5.60. The normalized spacial score (nSPS) is 11.2. The van der Waals surface area contributed by atoms with Crippen molar-refractivity contribution in [1.82, 2.24) is 9.97 Å². The van der Waals surface area contributed by atoms with Gasteiger partial charge in [0.15, 0.2) is 0 Å². The maximum atomic E-state index is 12.5. The number of nitrogens with one attached hydrogen (secondary N) is 1. The molecular formula is C13H22F2N4. The highest BCUT2D eigenvalue weighted by Crippen LogP contribution is 2.30. The van der Waals surface area contributed by atoms with Crippen molar-refractivity contribution in [2.24, 2.45) is 0 Å². The van der Waals surface area contributed by atoms with E-state index in [2.05, 4.69) is 22.2 Å². The average Bonchev–Trinajstić information content (AvgIpc) is 2.34. The maximum Gasteiger partial charge on any atom is 0.255 e. The minimum Gasteiger partial charge on any atom is -0.370 e. The van der Waals surface area contributed by atoms with Crippen LogP contribution < -0.4 is 10.2 Å². The van der Waals surface area contributed by atoms with Crippen molar-refractivity contribution in [3.05, 3.63) is 11.9 Å². The van der Waals surface area contributed by atoms with Crippen LogP contribution in [0.2, 0.25) is 0 Å². The number of nitrogens with zero attached hydrogens (tertiary/aromatic N) is 3. The second kappa shape index (κ2) is 7.21. The molecule has 0 aromatic carbocycles. The highest BCUT2D eigenvalue weighted by Gasteiger charge is 2.19. The first-order valence-corrected chi connectivity index (χ1v) is 6.55. The van der Waals surface area contributed by atoms with Gasteiger partial charge in [-0.15, -0.1) is 0 Å². The van der Waals surface area contributed by atoms with Crippen molar-refractivity contribution in [1.29, 1.82) is 0 Å². The van der Waals surface area contributed by atoms with Crippen LogP contribution in [0.25, 0.3) is 0 Å². The van der Waals surface area contributed by atoms with Gasteiger partial charge >= 0.3 is 0 Å². The molecule has 1 aromatic rings. The number of hydrogen-bond acceptors (Lipinski definition) is 4. The van der Waals surface area contributed by atoms with E-state index in [0.29, 0.717) is 5.82 Å². The van der Waals surface area contributed by atoms with E-state index in [9.17, 15) is 8.78 Å². The molecule has 0 amide bonds. The topological polar surface area (TPSA) is 41.1 Å². The zero-order valence-electron chi connectivity index (χ0n) is 12.0. The Hall–Kier alpha value is -1.46. The molecule has 0 radical (unpaired) electrons. The lowest BCUT2D eigenvalue weighted by Crippen LogP contribution is -2.27. The molecule has 0 atom stereocenters. The van der Waals surface area contributed by atoms with E-state index in [1.807, 2.05) is 13.8 Å². The Bertz CT molecular complexity index is 396. The predicted octanol–water partition coefficient (Wildman–Crippen LogP) is 3.12. The second-order valence-corrected chi connectivity index (χ2v) is 4.81. The zero-order valence-corrected chi connectivity index (χ0v) is 12.0. The summed E-state index contributed by atoms with van der Waals surface area (Å²) in [4.78, 5) is 9.87. The summed E-state index contributed by atoms with van der Waals surface area (Å²) in [7, 11) is 1.63. The molecule has 0 saturated heterocycles. The first-order valence-electron chi connectivity index (χ1n) is 6.55. The molecule has 1 N–H and O–H groups in total. The van der Waals surface area contributed by atoms with E-state index in [1.54, 1.807) is 7.05 Å². The lowest BCUT2D eigenvalue weighted by molar-refractivity contribution is 0.156. The number of alkyl halides is 2. The van der Waals surface area contributed by atoms with Crippen LogP contribution in [0, 0.1) is 0 Å². The summed E-state index contributed by atoms with van der Waals surface area (Å²) in [5, 5.41) is 3.23. The van der Waals surface area contributed by atoms with Crippen LogP contribution in [0.4, 0.5) is 20.4 Å². The van der Waals surface area contributed by atoms with Crippen molar-refractivity contribution in [2.45, 2.75) is 39.5 Å². The van der Waals surface area contributed by atoms with Crippen LogP contribution in [-0.2, 0) is 0 Å². The third-order valence-electron chi connectivity index (χ3n) is 2.76. The van der Waals surface area contributed by atoms with Crippen molar-refractivity contribution in [3.63, 3.8) is 0 Å².